The predicted octanol–water partition coefficient (Wildman–Crippen LogP) is 1.23. The third-order valence-electron chi connectivity index (χ3n) is 2.58. The quantitative estimate of drug-likeness (QED) is 0.856. The highest BCUT2D eigenvalue weighted by atomic mass is 15.2. The Morgan fingerprint density at radius 3 is 2.61 bits per heavy atom. The van der Waals surface area contributed by atoms with Crippen LogP contribution in [0.5, 0.6) is 0 Å². The zero-order valence-corrected chi connectivity index (χ0v) is 10.7. The summed E-state index contributed by atoms with van der Waals surface area (Å²) in [6, 6.07) is 9.85. The molecule has 94 valence electrons. The van der Waals surface area contributed by atoms with Crippen molar-refractivity contribution in [2.24, 2.45) is 0 Å². The van der Waals surface area contributed by atoms with Crippen molar-refractivity contribution in [3.8, 4) is 0 Å². The highest BCUT2D eigenvalue weighted by Gasteiger charge is 2.05. The van der Waals surface area contributed by atoms with E-state index in [9.17, 15) is 0 Å². The molecule has 0 aromatic carbocycles. The van der Waals surface area contributed by atoms with E-state index in [1.165, 1.54) is 0 Å². The van der Waals surface area contributed by atoms with E-state index >= 15 is 0 Å². The van der Waals surface area contributed by atoms with E-state index in [1.807, 2.05) is 49.3 Å². The van der Waals surface area contributed by atoms with Crippen LogP contribution in [0.4, 0.5) is 5.82 Å². The van der Waals surface area contributed by atoms with Crippen LogP contribution in [0.25, 0.3) is 0 Å². The smallest absolute Gasteiger partial charge is 0.151 e. The van der Waals surface area contributed by atoms with Crippen molar-refractivity contribution >= 4 is 5.82 Å². The maximum absolute atomic E-state index is 4.29. The van der Waals surface area contributed by atoms with Gasteiger partial charge in [-0.15, -0.1) is 5.10 Å². The Morgan fingerprint density at radius 1 is 1.11 bits per heavy atom. The van der Waals surface area contributed by atoms with E-state index in [0.717, 1.165) is 30.3 Å². The van der Waals surface area contributed by atoms with E-state index in [2.05, 4.69) is 20.5 Å². The first-order valence-corrected chi connectivity index (χ1v) is 5.88. The number of nitrogens with zero attached hydrogens (tertiary/aromatic N) is 4. The van der Waals surface area contributed by atoms with Gasteiger partial charge in [-0.2, -0.15) is 5.10 Å². The van der Waals surface area contributed by atoms with Gasteiger partial charge in [-0.3, -0.25) is 4.98 Å². The fraction of sp³-hybridized carbons (Fsp3) is 0.308. The molecule has 5 heteroatoms. The molecule has 2 rings (SSSR count). The summed E-state index contributed by atoms with van der Waals surface area (Å²) < 4.78 is 0. The van der Waals surface area contributed by atoms with Crippen LogP contribution in [0.1, 0.15) is 11.4 Å². The molecule has 0 amide bonds. The van der Waals surface area contributed by atoms with Crippen LogP contribution in [0, 0.1) is 0 Å². The molecule has 0 aliphatic rings. The van der Waals surface area contributed by atoms with E-state index in [1.54, 1.807) is 6.20 Å². The molecular weight excluding hydrogens is 226 g/mol. The summed E-state index contributed by atoms with van der Waals surface area (Å²) in [5.41, 5.74) is 1.95. The minimum atomic E-state index is 0.723. The van der Waals surface area contributed by atoms with Crippen LogP contribution in [0.15, 0.2) is 36.5 Å². The molecule has 0 radical (unpaired) electrons. The van der Waals surface area contributed by atoms with Gasteiger partial charge in [0, 0.05) is 19.8 Å². The minimum absolute atomic E-state index is 0.723. The summed E-state index contributed by atoms with van der Waals surface area (Å²) in [5, 5.41) is 11.4. The minimum Gasteiger partial charge on any atom is -0.352 e. The molecule has 2 aromatic rings. The zero-order valence-electron chi connectivity index (χ0n) is 10.7. The Balaban J connectivity index is 2.02. The van der Waals surface area contributed by atoms with Gasteiger partial charge in [0.05, 0.1) is 17.9 Å². The Morgan fingerprint density at radius 2 is 2.00 bits per heavy atom. The Labute approximate surface area is 107 Å². The van der Waals surface area contributed by atoms with Crippen molar-refractivity contribution in [3.63, 3.8) is 0 Å². The van der Waals surface area contributed by atoms with Gasteiger partial charge in [0.15, 0.2) is 5.82 Å². The Hall–Kier alpha value is -2.01. The number of hydrogen-bond acceptors (Lipinski definition) is 5. The molecule has 0 fully saturated rings. The van der Waals surface area contributed by atoms with Gasteiger partial charge < -0.3 is 10.2 Å². The standard InChI is InChI=1S/C13H17N5/c1-14-9-11-6-7-13(17-16-11)18(2)10-12-5-3-4-8-15-12/h3-8,14H,9-10H2,1-2H3. The molecule has 2 heterocycles. The Bertz CT molecular complexity index is 469. The number of pyridine rings is 1. The number of aromatic nitrogens is 3. The average Bonchev–Trinajstić information content (AvgIpc) is 2.41. The van der Waals surface area contributed by atoms with Crippen molar-refractivity contribution in [1.82, 2.24) is 20.5 Å². The molecule has 18 heavy (non-hydrogen) atoms. The molecule has 0 saturated heterocycles. The number of hydrogen-bond donors (Lipinski definition) is 1. The molecule has 0 saturated carbocycles. The first kappa shape index (κ1) is 12.4. The van der Waals surface area contributed by atoms with Crippen LogP contribution in [-0.4, -0.2) is 29.3 Å². The first-order chi connectivity index (χ1) is 8.79. The summed E-state index contributed by atoms with van der Waals surface area (Å²) in [4.78, 5) is 6.32. The van der Waals surface area contributed by atoms with Gasteiger partial charge in [-0.25, -0.2) is 0 Å². The lowest BCUT2D eigenvalue weighted by atomic mass is 10.3. The molecule has 0 aliphatic carbocycles. The van der Waals surface area contributed by atoms with Crippen molar-refractivity contribution in [2.45, 2.75) is 13.1 Å². The molecular formula is C13H17N5. The summed E-state index contributed by atoms with van der Waals surface area (Å²) in [7, 11) is 3.87. The van der Waals surface area contributed by atoms with Gasteiger partial charge >= 0.3 is 0 Å². The number of rotatable bonds is 5. The van der Waals surface area contributed by atoms with Crippen molar-refractivity contribution in [3.05, 3.63) is 47.9 Å². The summed E-state index contributed by atoms with van der Waals surface area (Å²) >= 11 is 0. The Kier molecular flexibility index (Phi) is 4.20. The number of nitrogens with one attached hydrogen (secondary N) is 1. The maximum atomic E-state index is 4.29. The SMILES string of the molecule is CNCc1ccc(N(C)Cc2ccccn2)nn1. The van der Waals surface area contributed by atoms with Gasteiger partial charge in [0.1, 0.15) is 0 Å². The molecule has 2 aromatic heterocycles. The summed E-state index contributed by atoms with van der Waals surface area (Å²) in [6.07, 6.45) is 1.80. The molecule has 0 bridgehead atoms. The lowest BCUT2D eigenvalue weighted by Gasteiger charge is -2.16. The molecule has 5 nitrogen and oxygen atoms in total. The van der Waals surface area contributed by atoms with Crippen molar-refractivity contribution < 1.29 is 0 Å². The second kappa shape index (κ2) is 6.07. The average molecular weight is 243 g/mol. The van der Waals surface area contributed by atoms with Gasteiger partial charge in [-0.05, 0) is 31.3 Å². The fourth-order valence-electron chi connectivity index (χ4n) is 1.65. The van der Waals surface area contributed by atoms with E-state index in [4.69, 9.17) is 0 Å². The first-order valence-electron chi connectivity index (χ1n) is 5.88. The number of anilines is 1. The molecule has 0 spiro atoms. The topological polar surface area (TPSA) is 53.9 Å². The van der Waals surface area contributed by atoms with Crippen LogP contribution in [0.2, 0.25) is 0 Å². The van der Waals surface area contributed by atoms with E-state index in [-0.39, 0.29) is 0 Å². The third-order valence-corrected chi connectivity index (χ3v) is 2.58. The molecule has 0 unspecified atom stereocenters. The summed E-state index contributed by atoms with van der Waals surface area (Å²) in [6.45, 7) is 1.46. The fourth-order valence-corrected chi connectivity index (χ4v) is 1.65. The lowest BCUT2D eigenvalue weighted by Crippen LogP contribution is -2.19. The third kappa shape index (κ3) is 3.24. The van der Waals surface area contributed by atoms with Crippen molar-refractivity contribution in [2.75, 3.05) is 19.0 Å². The molecule has 1 N–H and O–H groups in total. The predicted molar refractivity (Wildman–Crippen MR) is 71.1 cm³/mol. The van der Waals surface area contributed by atoms with E-state index in [0.29, 0.717) is 0 Å². The van der Waals surface area contributed by atoms with E-state index < -0.39 is 0 Å². The van der Waals surface area contributed by atoms with Crippen LogP contribution in [-0.2, 0) is 13.1 Å². The second-order valence-corrected chi connectivity index (χ2v) is 4.09. The van der Waals surface area contributed by atoms with Crippen molar-refractivity contribution in [1.29, 1.82) is 0 Å². The molecule has 0 aliphatic heterocycles. The zero-order chi connectivity index (χ0) is 12.8. The largest absolute Gasteiger partial charge is 0.352 e. The lowest BCUT2D eigenvalue weighted by molar-refractivity contribution is 0.757. The monoisotopic (exact) mass is 243 g/mol. The maximum Gasteiger partial charge on any atom is 0.151 e. The van der Waals surface area contributed by atoms with Gasteiger partial charge in [0.25, 0.3) is 0 Å². The normalized spacial score (nSPS) is 10.3. The van der Waals surface area contributed by atoms with Crippen LogP contribution in [0.3, 0.4) is 0 Å². The molecule has 0 atom stereocenters. The highest BCUT2D eigenvalue weighted by Crippen LogP contribution is 2.10. The van der Waals surface area contributed by atoms with Gasteiger partial charge in [0.2, 0.25) is 0 Å². The van der Waals surface area contributed by atoms with Crippen LogP contribution >= 0.6 is 0 Å². The van der Waals surface area contributed by atoms with Gasteiger partial charge in [-0.1, -0.05) is 6.07 Å². The van der Waals surface area contributed by atoms with Crippen LogP contribution < -0.4 is 10.2 Å². The summed E-state index contributed by atoms with van der Waals surface area (Å²) in [5.74, 6) is 0.848. The highest BCUT2D eigenvalue weighted by molar-refractivity contribution is 5.36. The second-order valence-electron chi connectivity index (χ2n) is 4.09.